The SMILES string of the molecule is O=C(NCc1ncc[nH]1)NC1C=CC(C(=O)O)C1. The predicted molar refractivity (Wildman–Crippen MR) is 62.6 cm³/mol. The molecule has 1 heterocycles. The minimum Gasteiger partial charge on any atom is -0.481 e. The van der Waals surface area contributed by atoms with Gasteiger partial charge < -0.3 is 20.7 Å². The number of amides is 2. The first-order valence-electron chi connectivity index (χ1n) is 5.59. The maximum absolute atomic E-state index is 11.5. The summed E-state index contributed by atoms with van der Waals surface area (Å²) in [5.41, 5.74) is 0. The molecule has 0 radical (unpaired) electrons. The predicted octanol–water partition coefficient (Wildman–Crippen LogP) is 0.238. The molecule has 0 spiro atoms. The Balaban J connectivity index is 1.72. The first-order valence-corrected chi connectivity index (χ1v) is 5.59. The third-order valence-electron chi connectivity index (χ3n) is 2.69. The highest BCUT2D eigenvalue weighted by atomic mass is 16.4. The van der Waals surface area contributed by atoms with E-state index >= 15 is 0 Å². The van der Waals surface area contributed by atoms with E-state index in [0.717, 1.165) is 0 Å². The molecule has 0 aromatic carbocycles. The van der Waals surface area contributed by atoms with Crippen molar-refractivity contribution in [1.29, 1.82) is 0 Å². The summed E-state index contributed by atoms with van der Waals surface area (Å²) in [6.07, 6.45) is 6.97. The van der Waals surface area contributed by atoms with E-state index in [2.05, 4.69) is 20.6 Å². The lowest BCUT2D eigenvalue weighted by atomic mass is 10.1. The van der Waals surface area contributed by atoms with Crippen LogP contribution in [0.2, 0.25) is 0 Å². The molecule has 1 aromatic heterocycles. The molecule has 0 aliphatic heterocycles. The van der Waals surface area contributed by atoms with Crippen molar-refractivity contribution in [1.82, 2.24) is 20.6 Å². The molecule has 96 valence electrons. The summed E-state index contributed by atoms with van der Waals surface area (Å²) < 4.78 is 0. The number of hydrogen-bond acceptors (Lipinski definition) is 3. The monoisotopic (exact) mass is 250 g/mol. The third kappa shape index (κ3) is 3.09. The minimum atomic E-state index is -0.869. The van der Waals surface area contributed by atoms with Crippen molar-refractivity contribution in [3.63, 3.8) is 0 Å². The van der Waals surface area contributed by atoms with Crippen LogP contribution in [0.5, 0.6) is 0 Å². The molecule has 1 aliphatic carbocycles. The smallest absolute Gasteiger partial charge is 0.315 e. The van der Waals surface area contributed by atoms with Gasteiger partial charge in [-0.1, -0.05) is 12.2 Å². The number of aliphatic carboxylic acids is 1. The van der Waals surface area contributed by atoms with Gasteiger partial charge in [0.15, 0.2) is 0 Å². The van der Waals surface area contributed by atoms with Crippen molar-refractivity contribution in [2.75, 3.05) is 0 Å². The first kappa shape index (κ1) is 12.2. The number of carboxylic acids is 1. The van der Waals surface area contributed by atoms with Crippen LogP contribution < -0.4 is 10.6 Å². The largest absolute Gasteiger partial charge is 0.481 e. The van der Waals surface area contributed by atoms with Gasteiger partial charge in [-0.2, -0.15) is 0 Å². The van der Waals surface area contributed by atoms with Crippen LogP contribution >= 0.6 is 0 Å². The molecule has 7 nitrogen and oxygen atoms in total. The van der Waals surface area contributed by atoms with E-state index in [4.69, 9.17) is 5.11 Å². The highest BCUT2D eigenvalue weighted by Crippen LogP contribution is 2.17. The Bertz CT molecular complexity index is 455. The minimum absolute atomic E-state index is 0.234. The second-order valence-electron chi connectivity index (χ2n) is 4.03. The fourth-order valence-electron chi connectivity index (χ4n) is 1.77. The van der Waals surface area contributed by atoms with Gasteiger partial charge in [-0.05, 0) is 6.42 Å². The highest BCUT2D eigenvalue weighted by molar-refractivity contribution is 5.76. The second-order valence-corrected chi connectivity index (χ2v) is 4.03. The van der Waals surface area contributed by atoms with Gasteiger partial charge in [0, 0.05) is 12.4 Å². The van der Waals surface area contributed by atoms with Gasteiger partial charge in [-0.3, -0.25) is 4.79 Å². The molecule has 0 saturated heterocycles. The number of H-pyrrole nitrogens is 1. The van der Waals surface area contributed by atoms with Crippen LogP contribution in [-0.4, -0.2) is 33.1 Å². The summed E-state index contributed by atoms with van der Waals surface area (Å²) in [7, 11) is 0. The summed E-state index contributed by atoms with van der Waals surface area (Å²) in [4.78, 5) is 29.1. The summed E-state index contributed by atoms with van der Waals surface area (Å²) in [6, 6.07) is -0.574. The van der Waals surface area contributed by atoms with Gasteiger partial charge in [0.05, 0.1) is 18.5 Å². The number of aromatic nitrogens is 2. The van der Waals surface area contributed by atoms with Crippen molar-refractivity contribution in [3.8, 4) is 0 Å². The second kappa shape index (κ2) is 5.35. The number of carbonyl (C=O) groups excluding carboxylic acids is 1. The Morgan fingerprint density at radius 3 is 2.94 bits per heavy atom. The molecule has 1 aromatic rings. The van der Waals surface area contributed by atoms with Gasteiger partial charge in [0.2, 0.25) is 0 Å². The van der Waals surface area contributed by atoms with Gasteiger partial charge >= 0.3 is 12.0 Å². The summed E-state index contributed by atoms with van der Waals surface area (Å²) in [5, 5.41) is 14.1. The van der Waals surface area contributed by atoms with E-state index in [1.165, 1.54) is 0 Å². The van der Waals surface area contributed by atoms with Crippen molar-refractivity contribution in [2.45, 2.75) is 19.0 Å². The molecule has 1 aliphatic rings. The standard InChI is InChI=1S/C11H14N4O3/c16-10(17)7-1-2-8(5-7)15-11(18)14-6-9-12-3-4-13-9/h1-4,7-8H,5-6H2,(H,12,13)(H,16,17)(H2,14,15,18). The van der Waals surface area contributed by atoms with Gasteiger partial charge in [-0.25, -0.2) is 9.78 Å². The quantitative estimate of drug-likeness (QED) is 0.574. The molecule has 0 bridgehead atoms. The molecule has 2 atom stereocenters. The van der Waals surface area contributed by atoms with Crippen LogP contribution in [-0.2, 0) is 11.3 Å². The zero-order valence-corrected chi connectivity index (χ0v) is 9.59. The molecule has 0 fully saturated rings. The molecule has 2 amide bonds. The number of rotatable bonds is 4. The first-order chi connectivity index (χ1) is 8.65. The Hall–Kier alpha value is -2.31. The van der Waals surface area contributed by atoms with E-state index < -0.39 is 11.9 Å². The third-order valence-corrected chi connectivity index (χ3v) is 2.69. The molecule has 18 heavy (non-hydrogen) atoms. The average Bonchev–Trinajstić information content (AvgIpc) is 2.96. The van der Waals surface area contributed by atoms with E-state index in [9.17, 15) is 9.59 Å². The molecule has 2 unspecified atom stereocenters. The zero-order valence-electron chi connectivity index (χ0n) is 9.59. The molecule has 4 N–H and O–H groups in total. The number of aromatic amines is 1. The molecule has 0 saturated carbocycles. The average molecular weight is 250 g/mol. The molecular weight excluding hydrogens is 236 g/mol. The number of hydrogen-bond donors (Lipinski definition) is 4. The Morgan fingerprint density at radius 2 is 2.33 bits per heavy atom. The maximum atomic E-state index is 11.5. The topological polar surface area (TPSA) is 107 Å². The lowest BCUT2D eigenvalue weighted by Gasteiger charge is -2.12. The fourth-order valence-corrected chi connectivity index (χ4v) is 1.77. The van der Waals surface area contributed by atoms with E-state index in [1.54, 1.807) is 24.5 Å². The number of nitrogens with one attached hydrogen (secondary N) is 3. The van der Waals surface area contributed by atoms with Crippen LogP contribution in [0.15, 0.2) is 24.5 Å². The van der Waals surface area contributed by atoms with Crippen molar-refractivity contribution in [2.24, 2.45) is 5.92 Å². The molecular formula is C11H14N4O3. The normalized spacial score (nSPS) is 21.8. The van der Waals surface area contributed by atoms with Crippen LogP contribution in [0.1, 0.15) is 12.2 Å². The highest BCUT2D eigenvalue weighted by Gasteiger charge is 2.25. The summed E-state index contributed by atoms with van der Waals surface area (Å²) >= 11 is 0. The van der Waals surface area contributed by atoms with Crippen molar-refractivity contribution < 1.29 is 14.7 Å². The lowest BCUT2D eigenvalue weighted by molar-refractivity contribution is -0.140. The number of urea groups is 1. The molecule has 7 heteroatoms. The lowest BCUT2D eigenvalue weighted by Crippen LogP contribution is -2.40. The summed E-state index contributed by atoms with van der Waals surface area (Å²) in [6.45, 7) is 0.303. The number of carboxylic acid groups (broad SMARTS) is 1. The van der Waals surface area contributed by atoms with Crippen LogP contribution in [0.4, 0.5) is 4.79 Å². The Morgan fingerprint density at radius 1 is 1.50 bits per heavy atom. The van der Waals surface area contributed by atoms with Crippen LogP contribution in [0, 0.1) is 5.92 Å². The fraction of sp³-hybridized carbons (Fsp3) is 0.364. The summed E-state index contributed by atoms with van der Waals surface area (Å²) in [5.74, 6) is -0.720. The zero-order chi connectivity index (χ0) is 13.0. The van der Waals surface area contributed by atoms with E-state index in [0.29, 0.717) is 18.8 Å². The van der Waals surface area contributed by atoms with Crippen LogP contribution in [0.25, 0.3) is 0 Å². The van der Waals surface area contributed by atoms with Crippen LogP contribution in [0.3, 0.4) is 0 Å². The van der Waals surface area contributed by atoms with Gasteiger partial charge in [-0.15, -0.1) is 0 Å². The number of carbonyl (C=O) groups is 2. The molecule has 2 rings (SSSR count). The number of imidazole rings is 1. The van der Waals surface area contributed by atoms with Gasteiger partial charge in [0.25, 0.3) is 0 Å². The maximum Gasteiger partial charge on any atom is 0.315 e. The Labute approximate surface area is 103 Å². The Kier molecular flexibility index (Phi) is 3.61. The van der Waals surface area contributed by atoms with Crippen molar-refractivity contribution >= 4 is 12.0 Å². The van der Waals surface area contributed by atoms with Gasteiger partial charge in [0.1, 0.15) is 5.82 Å². The van der Waals surface area contributed by atoms with Crippen molar-refractivity contribution in [3.05, 3.63) is 30.4 Å². The van der Waals surface area contributed by atoms with E-state index in [1.807, 2.05) is 0 Å². The number of nitrogens with zero attached hydrogens (tertiary/aromatic N) is 1. The van der Waals surface area contributed by atoms with E-state index in [-0.39, 0.29) is 12.1 Å².